The van der Waals surface area contributed by atoms with Crippen LogP contribution in [0.25, 0.3) is 17.3 Å². The molecule has 0 aliphatic carbocycles. The molecule has 2 heterocycles. The van der Waals surface area contributed by atoms with Crippen LogP contribution in [0.5, 0.6) is 0 Å². The SMILES string of the molecule is N#Cc1ccc(-c2cnc(/C=C\C(=N)N3CCCC3c3cc(F)ccc3F)[nH]2)cc1F. The summed E-state index contributed by atoms with van der Waals surface area (Å²) in [6.07, 6.45) is 6.07. The van der Waals surface area contributed by atoms with Crippen molar-refractivity contribution in [3.05, 3.63) is 83.1 Å². The van der Waals surface area contributed by atoms with Crippen molar-refractivity contribution in [2.75, 3.05) is 6.54 Å². The molecule has 1 aliphatic heterocycles. The van der Waals surface area contributed by atoms with E-state index < -0.39 is 23.5 Å². The number of hydrogen-bond acceptors (Lipinski definition) is 3. The Morgan fingerprint density at radius 1 is 1.19 bits per heavy atom. The lowest BCUT2D eigenvalue weighted by Crippen LogP contribution is -2.29. The molecular formula is C23H18F3N5. The third kappa shape index (κ3) is 4.21. The molecule has 0 bridgehead atoms. The number of likely N-dealkylation sites (tertiary alicyclic amines) is 1. The molecule has 1 saturated heterocycles. The molecule has 0 spiro atoms. The van der Waals surface area contributed by atoms with Crippen LogP contribution in [0.3, 0.4) is 0 Å². The molecule has 156 valence electrons. The van der Waals surface area contributed by atoms with Gasteiger partial charge in [-0.15, -0.1) is 0 Å². The fourth-order valence-electron chi connectivity index (χ4n) is 3.74. The molecule has 8 heteroatoms. The molecule has 1 unspecified atom stereocenters. The number of aromatic amines is 1. The molecule has 1 atom stereocenters. The van der Waals surface area contributed by atoms with Crippen LogP contribution in [-0.4, -0.2) is 27.2 Å². The summed E-state index contributed by atoms with van der Waals surface area (Å²) in [6, 6.07) is 9.02. The fourth-order valence-corrected chi connectivity index (χ4v) is 3.74. The van der Waals surface area contributed by atoms with Gasteiger partial charge in [0.05, 0.1) is 23.5 Å². The molecule has 0 saturated carbocycles. The lowest BCUT2D eigenvalue weighted by Gasteiger charge is -2.26. The average Bonchev–Trinajstić information content (AvgIpc) is 3.43. The van der Waals surface area contributed by atoms with Gasteiger partial charge in [0.25, 0.3) is 0 Å². The van der Waals surface area contributed by atoms with Crippen LogP contribution in [-0.2, 0) is 0 Å². The minimum Gasteiger partial charge on any atom is -0.350 e. The number of aromatic nitrogens is 2. The van der Waals surface area contributed by atoms with E-state index in [1.807, 2.05) is 0 Å². The zero-order valence-corrected chi connectivity index (χ0v) is 16.4. The van der Waals surface area contributed by atoms with Gasteiger partial charge in [0.1, 0.15) is 35.2 Å². The average molecular weight is 421 g/mol. The Labute approximate surface area is 177 Å². The van der Waals surface area contributed by atoms with E-state index >= 15 is 0 Å². The van der Waals surface area contributed by atoms with Crippen molar-refractivity contribution in [3.63, 3.8) is 0 Å². The van der Waals surface area contributed by atoms with Gasteiger partial charge in [0.2, 0.25) is 0 Å². The van der Waals surface area contributed by atoms with Gasteiger partial charge in [-0.3, -0.25) is 5.41 Å². The molecule has 5 nitrogen and oxygen atoms in total. The lowest BCUT2D eigenvalue weighted by molar-refractivity contribution is 0.385. The number of rotatable bonds is 4. The summed E-state index contributed by atoms with van der Waals surface area (Å²) < 4.78 is 41.7. The molecule has 1 aromatic heterocycles. The first-order chi connectivity index (χ1) is 15.0. The largest absolute Gasteiger partial charge is 0.350 e. The third-order valence-corrected chi connectivity index (χ3v) is 5.27. The maximum Gasteiger partial charge on any atom is 0.141 e. The van der Waals surface area contributed by atoms with Gasteiger partial charge >= 0.3 is 0 Å². The Hall–Kier alpha value is -3.86. The Morgan fingerprint density at radius 2 is 2.03 bits per heavy atom. The minimum absolute atomic E-state index is 0.0354. The zero-order chi connectivity index (χ0) is 22.0. The number of nitriles is 1. The summed E-state index contributed by atoms with van der Waals surface area (Å²) in [7, 11) is 0. The van der Waals surface area contributed by atoms with Crippen molar-refractivity contribution >= 4 is 11.9 Å². The highest BCUT2D eigenvalue weighted by atomic mass is 19.1. The van der Waals surface area contributed by atoms with E-state index in [0.29, 0.717) is 30.0 Å². The fraction of sp³-hybridized carbons (Fsp3) is 0.174. The van der Waals surface area contributed by atoms with E-state index in [1.165, 1.54) is 30.5 Å². The van der Waals surface area contributed by atoms with Crippen LogP contribution < -0.4 is 0 Å². The van der Waals surface area contributed by atoms with Gasteiger partial charge < -0.3 is 9.88 Å². The number of nitrogens with one attached hydrogen (secondary N) is 2. The zero-order valence-electron chi connectivity index (χ0n) is 16.4. The number of nitrogens with zero attached hydrogens (tertiary/aromatic N) is 3. The maximum absolute atomic E-state index is 14.2. The number of imidazole rings is 1. The summed E-state index contributed by atoms with van der Waals surface area (Å²) in [5, 5.41) is 17.2. The molecule has 2 aromatic carbocycles. The van der Waals surface area contributed by atoms with Crippen molar-refractivity contribution in [1.29, 1.82) is 10.7 Å². The number of hydrogen-bond donors (Lipinski definition) is 2. The Kier molecular flexibility index (Phi) is 5.58. The molecule has 1 aliphatic rings. The number of H-pyrrole nitrogens is 1. The monoisotopic (exact) mass is 421 g/mol. The van der Waals surface area contributed by atoms with E-state index in [1.54, 1.807) is 23.1 Å². The Balaban J connectivity index is 1.50. The first-order valence-electron chi connectivity index (χ1n) is 9.69. The second-order valence-electron chi connectivity index (χ2n) is 7.22. The molecule has 4 rings (SSSR count). The summed E-state index contributed by atoms with van der Waals surface area (Å²) >= 11 is 0. The number of benzene rings is 2. The first kappa shape index (κ1) is 20.4. The topological polar surface area (TPSA) is 79.6 Å². The molecule has 0 radical (unpaired) electrons. The van der Waals surface area contributed by atoms with Crippen LogP contribution in [0.4, 0.5) is 13.2 Å². The predicted molar refractivity (Wildman–Crippen MR) is 110 cm³/mol. The molecule has 2 N–H and O–H groups in total. The summed E-state index contributed by atoms with van der Waals surface area (Å²) in [4.78, 5) is 8.97. The second kappa shape index (κ2) is 8.48. The van der Waals surface area contributed by atoms with Crippen LogP contribution in [0, 0.1) is 34.2 Å². The maximum atomic E-state index is 14.2. The number of halogens is 3. The highest BCUT2D eigenvalue weighted by Gasteiger charge is 2.29. The summed E-state index contributed by atoms with van der Waals surface area (Å²) in [6.45, 7) is 0.567. The Bertz CT molecular complexity index is 1210. The summed E-state index contributed by atoms with van der Waals surface area (Å²) in [5.41, 5.74) is 1.32. The number of amidine groups is 1. The van der Waals surface area contributed by atoms with Crippen LogP contribution in [0.15, 0.2) is 48.7 Å². The summed E-state index contributed by atoms with van der Waals surface area (Å²) in [5.74, 6) is -0.989. The minimum atomic E-state index is -0.613. The van der Waals surface area contributed by atoms with Crippen molar-refractivity contribution in [3.8, 4) is 17.3 Å². The molecule has 3 aromatic rings. The lowest BCUT2D eigenvalue weighted by atomic mass is 10.0. The standard InChI is InChI=1S/C23H18F3N5/c24-16-5-6-18(25)17(11-16)21-2-1-9-31(21)22(28)7-8-23-29-13-20(30-23)14-3-4-15(12-27)19(26)10-14/h3-8,10-11,13,21,28H,1-2,9H2,(H,29,30)/b8-7-,28-22?. The smallest absolute Gasteiger partial charge is 0.141 e. The Morgan fingerprint density at radius 3 is 2.81 bits per heavy atom. The van der Waals surface area contributed by atoms with Gasteiger partial charge in [-0.1, -0.05) is 6.07 Å². The van der Waals surface area contributed by atoms with Gasteiger partial charge in [0, 0.05) is 17.7 Å². The first-order valence-corrected chi connectivity index (χ1v) is 9.69. The van der Waals surface area contributed by atoms with E-state index in [4.69, 9.17) is 10.7 Å². The van der Waals surface area contributed by atoms with Crippen LogP contribution in [0.1, 0.15) is 35.8 Å². The van der Waals surface area contributed by atoms with Gasteiger partial charge in [0.15, 0.2) is 0 Å². The second-order valence-corrected chi connectivity index (χ2v) is 7.22. The quantitative estimate of drug-likeness (QED) is 0.449. The van der Waals surface area contributed by atoms with E-state index in [9.17, 15) is 13.2 Å². The van der Waals surface area contributed by atoms with Crippen molar-refractivity contribution in [1.82, 2.24) is 14.9 Å². The highest BCUT2D eigenvalue weighted by Crippen LogP contribution is 2.34. The van der Waals surface area contributed by atoms with Crippen LogP contribution in [0.2, 0.25) is 0 Å². The van der Waals surface area contributed by atoms with E-state index in [2.05, 4.69) is 9.97 Å². The predicted octanol–water partition coefficient (Wildman–Crippen LogP) is 5.19. The van der Waals surface area contributed by atoms with Crippen molar-refractivity contribution in [2.24, 2.45) is 0 Å². The normalized spacial score (nSPS) is 16.1. The van der Waals surface area contributed by atoms with Gasteiger partial charge in [-0.05, 0) is 55.3 Å². The molecule has 31 heavy (non-hydrogen) atoms. The molecule has 0 amide bonds. The third-order valence-electron chi connectivity index (χ3n) is 5.27. The molecule has 1 fully saturated rings. The van der Waals surface area contributed by atoms with Crippen molar-refractivity contribution < 1.29 is 13.2 Å². The van der Waals surface area contributed by atoms with Gasteiger partial charge in [-0.25, -0.2) is 18.2 Å². The van der Waals surface area contributed by atoms with Gasteiger partial charge in [-0.2, -0.15) is 5.26 Å². The molecular weight excluding hydrogens is 403 g/mol. The van der Waals surface area contributed by atoms with Crippen molar-refractivity contribution in [2.45, 2.75) is 18.9 Å². The van der Waals surface area contributed by atoms with E-state index in [-0.39, 0.29) is 17.0 Å². The van der Waals surface area contributed by atoms with Crippen LogP contribution >= 0.6 is 0 Å². The van der Waals surface area contributed by atoms with E-state index in [0.717, 1.165) is 18.6 Å². The highest BCUT2D eigenvalue weighted by molar-refractivity contribution is 5.94.